The first-order chi connectivity index (χ1) is 8.84. The Kier molecular flexibility index (Phi) is 5.49. The van der Waals surface area contributed by atoms with Crippen LogP contribution in [0.1, 0.15) is 16.7 Å². The molecule has 0 aliphatic heterocycles. The maximum absolute atomic E-state index is 12.6. The van der Waals surface area contributed by atoms with Crippen molar-refractivity contribution in [1.82, 2.24) is 4.31 Å². The molecule has 0 radical (unpaired) electrons. The predicted octanol–water partition coefficient (Wildman–Crippen LogP) is 0.587. The van der Waals surface area contributed by atoms with Crippen LogP contribution in [0.15, 0.2) is 17.0 Å². The van der Waals surface area contributed by atoms with Gasteiger partial charge in [0.05, 0.1) is 18.1 Å². The Morgan fingerprint density at radius 1 is 1.00 bits per heavy atom. The third-order valence-electron chi connectivity index (χ3n) is 2.90. The van der Waals surface area contributed by atoms with Gasteiger partial charge in [-0.25, -0.2) is 8.42 Å². The zero-order valence-electron chi connectivity index (χ0n) is 11.5. The van der Waals surface area contributed by atoms with E-state index in [1.165, 1.54) is 0 Å². The standard InChI is InChI=1S/C13H21NO4S/c1-10-8-11(2)13(12(3)9-10)19(17,18)14(4-6-15)5-7-16/h8-9,15-16H,4-7H2,1-3H3. The second-order valence-corrected chi connectivity index (χ2v) is 6.45. The van der Waals surface area contributed by atoms with Crippen LogP contribution in [-0.2, 0) is 10.0 Å². The minimum absolute atomic E-state index is 0.0182. The molecule has 19 heavy (non-hydrogen) atoms. The summed E-state index contributed by atoms with van der Waals surface area (Å²) in [6, 6.07) is 3.63. The highest BCUT2D eigenvalue weighted by Gasteiger charge is 2.27. The first-order valence-electron chi connectivity index (χ1n) is 6.14. The Balaban J connectivity index is 3.33. The van der Waals surface area contributed by atoms with E-state index in [9.17, 15) is 8.42 Å². The molecule has 0 heterocycles. The lowest BCUT2D eigenvalue weighted by Crippen LogP contribution is -2.36. The second kappa shape index (κ2) is 6.47. The van der Waals surface area contributed by atoms with Gasteiger partial charge in [-0.3, -0.25) is 0 Å². The molecule has 0 saturated heterocycles. The Morgan fingerprint density at radius 3 is 1.79 bits per heavy atom. The van der Waals surface area contributed by atoms with Gasteiger partial charge >= 0.3 is 0 Å². The monoisotopic (exact) mass is 287 g/mol. The number of hydrogen-bond acceptors (Lipinski definition) is 4. The third-order valence-corrected chi connectivity index (χ3v) is 5.11. The van der Waals surface area contributed by atoms with E-state index in [0.29, 0.717) is 11.1 Å². The number of hydrogen-bond donors (Lipinski definition) is 2. The quantitative estimate of drug-likeness (QED) is 0.802. The van der Waals surface area contributed by atoms with Gasteiger partial charge in [-0.15, -0.1) is 0 Å². The minimum atomic E-state index is -3.69. The van der Waals surface area contributed by atoms with Gasteiger partial charge in [0.15, 0.2) is 0 Å². The molecule has 0 amide bonds. The van der Waals surface area contributed by atoms with Crippen molar-refractivity contribution in [1.29, 1.82) is 0 Å². The molecule has 0 bridgehead atoms. The molecular formula is C13H21NO4S. The van der Waals surface area contributed by atoms with Gasteiger partial charge in [0.25, 0.3) is 0 Å². The van der Waals surface area contributed by atoms with Crippen LogP contribution in [0.4, 0.5) is 0 Å². The van der Waals surface area contributed by atoms with E-state index < -0.39 is 10.0 Å². The molecule has 0 atom stereocenters. The number of aliphatic hydroxyl groups excluding tert-OH is 2. The normalized spacial score (nSPS) is 12.1. The number of nitrogens with zero attached hydrogens (tertiary/aromatic N) is 1. The molecule has 0 aliphatic carbocycles. The highest BCUT2D eigenvalue weighted by Crippen LogP contribution is 2.24. The Hall–Kier alpha value is -0.950. The first-order valence-corrected chi connectivity index (χ1v) is 7.58. The summed E-state index contributed by atoms with van der Waals surface area (Å²) in [4.78, 5) is 0.264. The number of sulfonamides is 1. The molecule has 0 unspecified atom stereocenters. The molecular weight excluding hydrogens is 266 g/mol. The fourth-order valence-corrected chi connectivity index (χ4v) is 4.11. The summed E-state index contributed by atoms with van der Waals surface area (Å²) in [6.45, 7) is 4.83. The van der Waals surface area contributed by atoms with Gasteiger partial charge in [-0.2, -0.15) is 4.31 Å². The molecule has 0 spiro atoms. The zero-order valence-corrected chi connectivity index (χ0v) is 12.4. The number of rotatable bonds is 6. The van der Waals surface area contributed by atoms with Gasteiger partial charge in [-0.05, 0) is 31.9 Å². The van der Waals surface area contributed by atoms with Crippen LogP contribution in [-0.4, -0.2) is 49.2 Å². The lowest BCUT2D eigenvalue weighted by molar-refractivity contribution is 0.217. The SMILES string of the molecule is Cc1cc(C)c(S(=O)(=O)N(CCO)CCO)c(C)c1. The van der Waals surface area contributed by atoms with E-state index >= 15 is 0 Å². The fourth-order valence-electron chi connectivity index (χ4n) is 2.28. The van der Waals surface area contributed by atoms with Crippen molar-refractivity contribution in [3.8, 4) is 0 Å². The molecule has 108 valence electrons. The van der Waals surface area contributed by atoms with Crippen molar-refractivity contribution in [2.45, 2.75) is 25.7 Å². The van der Waals surface area contributed by atoms with Crippen molar-refractivity contribution in [2.75, 3.05) is 26.3 Å². The van der Waals surface area contributed by atoms with Crippen LogP contribution < -0.4 is 0 Å². The zero-order chi connectivity index (χ0) is 14.6. The van der Waals surface area contributed by atoms with Crippen molar-refractivity contribution < 1.29 is 18.6 Å². The van der Waals surface area contributed by atoms with Crippen molar-refractivity contribution in [3.05, 3.63) is 28.8 Å². The van der Waals surface area contributed by atoms with Crippen LogP contribution in [0.5, 0.6) is 0 Å². The van der Waals surface area contributed by atoms with E-state index in [0.717, 1.165) is 9.87 Å². The lowest BCUT2D eigenvalue weighted by Gasteiger charge is -2.22. The van der Waals surface area contributed by atoms with Crippen LogP contribution in [0.3, 0.4) is 0 Å². The number of aryl methyl sites for hydroxylation is 3. The maximum Gasteiger partial charge on any atom is 0.243 e. The van der Waals surface area contributed by atoms with Gasteiger partial charge in [0.1, 0.15) is 0 Å². The molecule has 5 nitrogen and oxygen atoms in total. The smallest absolute Gasteiger partial charge is 0.243 e. The summed E-state index contributed by atoms with van der Waals surface area (Å²) in [5.74, 6) is 0. The molecule has 6 heteroatoms. The molecule has 0 aromatic heterocycles. The lowest BCUT2D eigenvalue weighted by atomic mass is 10.1. The maximum atomic E-state index is 12.6. The van der Waals surface area contributed by atoms with Gasteiger partial charge in [0.2, 0.25) is 10.0 Å². The summed E-state index contributed by atoms with van der Waals surface area (Å²) in [6.07, 6.45) is 0. The van der Waals surface area contributed by atoms with Crippen LogP contribution in [0, 0.1) is 20.8 Å². The Morgan fingerprint density at radius 2 is 1.42 bits per heavy atom. The highest BCUT2D eigenvalue weighted by molar-refractivity contribution is 7.89. The van der Waals surface area contributed by atoms with Crippen LogP contribution in [0.25, 0.3) is 0 Å². The first kappa shape index (κ1) is 16.1. The fraction of sp³-hybridized carbons (Fsp3) is 0.538. The van der Waals surface area contributed by atoms with E-state index in [1.54, 1.807) is 13.8 Å². The summed E-state index contributed by atoms with van der Waals surface area (Å²) >= 11 is 0. The largest absolute Gasteiger partial charge is 0.395 e. The van der Waals surface area contributed by atoms with Gasteiger partial charge in [-0.1, -0.05) is 17.7 Å². The third kappa shape index (κ3) is 3.54. The van der Waals surface area contributed by atoms with Crippen molar-refractivity contribution >= 4 is 10.0 Å². The summed E-state index contributed by atoms with van der Waals surface area (Å²) in [7, 11) is -3.69. The van der Waals surface area contributed by atoms with E-state index in [4.69, 9.17) is 10.2 Å². The Labute approximate surface area is 114 Å². The molecule has 0 aliphatic rings. The highest BCUT2D eigenvalue weighted by atomic mass is 32.2. The molecule has 1 rings (SSSR count). The van der Waals surface area contributed by atoms with Gasteiger partial charge < -0.3 is 10.2 Å². The van der Waals surface area contributed by atoms with Crippen LogP contribution >= 0.6 is 0 Å². The van der Waals surface area contributed by atoms with Crippen molar-refractivity contribution in [2.24, 2.45) is 0 Å². The van der Waals surface area contributed by atoms with Crippen molar-refractivity contribution in [3.63, 3.8) is 0 Å². The molecule has 2 N–H and O–H groups in total. The molecule has 1 aromatic rings. The second-order valence-electron chi connectivity index (χ2n) is 4.58. The number of aliphatic hydroxyl groups is 2. The van der Waals surface area contributed by atoms with E-state index in [-0.39, 0.29) is 31.2 Å². The summed E-state index contributed by atoms with van der Waals surface area (Å²) < 4.78 is 26.2. The molecule has 0 fully saturated rings. The Bertz CT molecular complexity index is 511. The summed E-state index contributed by atoms with van der Waals surface area (Å²) in [5.41, 5.74) is 2.36. The van der Waals surface area contributed by atoms with Crippen LogP contribution in [0.2, 0.25) is 0 Å². The van der Waals surface area contributed by atoms with Gasteiger partial charge in [0, 0.05) is 13.1 Å². The molecule has 0 saturated carbocycles. The minimum Gasteiger partial charge on any atom is -0.395 e. The predicted molar refractivity (Wildman–Crippen MR) is 73.6 cm³/mol. The molecule has 1 aromatic carbocycles. The summed E-state index contributed by atoms with van der Waals surface area (Å²) in [5, 5.41) is 17.9. The number of benzene rings is 1. The topological polar surface area (TPSA) is 77.8 Å². The van der Waals surface area contributed by atoms with E-state index in [2.05, 4.69) is 0 Å². The van der Waals surface area contributed by atoms with E-state index in [1.807, 2.05) is 19.1 Å². The average Bonchev–Trinajstić information content (AvgIpc) is 2.26. The average molecular weight is 287 g/mol.